The number of hydrogen-bond acceptors (Lipinski definition) is 7. The molecule has 2 aromatic carbocycles. The van der Waals surface area contributed by atoms with E-state index < -0.39 is 5.97 Å². The van der Waals surface area contributed by atoms with E-state index >= 15 is 0 Å². The van der Waals surface area contributed by atoms with Gasteiger partial charge >= 0.3 is 10.8 Å². The molecular weight excluding hydrogens is 572 g/mol. The third kappa shape index (κ3) is 4.59. The van der Waals surface area contributed by atoms with Crippen molar-refractivity contribution in [3.63, 3.8) is 0 Å². The van der Waals surface area contributed by atoms with Crippen molar-refractivity contribution in [3.8, 4) is 5.75 Å². The number of carboxylic acids is 1. The number of amides is 2. The van der Waals surface area contributed by atoms with Gasteiger partial charge in [0.15, 0.2) is 0 Å². The van der Waals surface area contributed by atoms with Crippen LogP contribution < -0.4 is 9.61 Å². The zero-order valence-corrected chi connectivity index (χ0v) is 24.6. The summed E-state index contributed by atoms with van der Waals surface area (Å²) >= 11 is 2.93. The summed E-state index contributed by atoms with van der Waals surface area (Å²) in [6.07, 6.45) is 2.77. The number of nitrogens with one attached hydrogen (secondary N) is 1. The molecule has 2 aliphatic heterocycles. The van der Waals surface area contributed by atoms with Crippen LogP contribution in [-0.4, -0.2) is 44.6 Å². The van der Waals surface area contributed by atoms with Crippen LogP contribution in [0, 0.1) is 29.6 Å². The lowest BCUT2D eigenvalue weighted by Gasteiger charge is -2.43. The maximum Gasteiger partial charge on any atom is 0.305 e. The maximum atomic E-state index is 13.8. The number of ether oxygens (including phenoxy) is 1. The van der Waals surface area contributed by atoms with Crippen LogP contribution in [0.1, 0.15) is 54.0 Å². The van der Waals surface area contributed by atoms with E-state index in [0.717, 1.165) is 33.2 Å². The number of benzene rings is 2. The van der Waals surface area contributed by atoms with Gasteiger partial charge in [-0.2, -0.15) is 0 Å². The fourth-order valence-electron chi connectivity index (χ4n) is 7.97. The standard InChI is InChI=1S/C32H32N2O6S2/c35-22(36)13-5-2-8-14-34-30(37)25-19-15-20(26(25)31(34)38)27-24(19)23(28-29(41-27)33-32(39)42-28)18-11-6-7-12-21(18)40-16-17-9-3-1-4-10-17/h1,3-4,6-7,9-12,19-20,23-27H,2,5,8,13-16H2,(H,33,39)(H,35,36)/t19?,20?,23-,24?,25?,26?,27?/m1/s1. The van der Waals surface area contributed by atoms with E-state index in [1.165, 1.54) is 16.2 Å². The maximum absolute atomic E-state index is 13.8. The number of nitrogens with zero attached hydrogens (tertiary/aromatic N) is 1. The van der Waals surface area contributed by atoms with Gasteiger partial charge in [-0.25, -0.2) is 0 Å². The summed E-state index contributed by atoms with van der Waals surface area (Å²) in [5.74, 6) is -0.718. The molecule has 2 saturated carbocycles. The number of hydrogen-bond donors (Lipinski definition) is 2. The average molecular weight is 605 g/mol. The van der Waals surface area contributed by atoms with Gasteiger partial charge in [-0.1, -0.05) is 66.3 Å². The van der Waals surface area contributed by atoms with Crippen molar-refractivity contribution in [3.05, 3.63) is 80.3 Å². The fourth-order valence-corrected chi connectivity index (χ4v) is 10.9. The number of para-hydroxylation sites is 1. The van der Waals surface area contributed by atoms with Crippen molar-refractivity contribution in [2.45, 2.75) is 54.9 Å². The fraction of sp³-hybridized carbons (Fsp3) is 0.438. The smallest absolute Gasteiger partial charge is 0.305 e. The van der Waals surface area contributed by atoms with E-state index in [1.54, 1.807) is 11.8 Å². The molecule has 6 unspecified atom stereocenters. The second kappa shape index (κ2) is 11.0. The molecular formula is C32H32N2O6S2. The zero-order chi connectivity index (χ0) is 29.0. The first-order valence-electron chi connectivity index (χ1n) is 14.6. The Morgan fingerprint density at radius 3 is 2.48 bits per heavy atom. The molecule has 2 amide bonds. The largest absolute Gasteiger partial charge is 0.489 e. The van der Waals surface area contributed by atoms with Gasteiger partial charge in [0.1, 0.15) is 12.4 Å². The second-order valence-corrected chi connectivity index (χ2v) is 14.0. The number of carbonyl (C=O) groups excluding carboxylic acids is 2. The molecule has 3 fully saturated rings. The molecule has 7 atom stereocenters. The highest BCUT2D eigenvalue weighted by atomic mass is 32.2. The monoisotopic (exact) mass is 604 g/mol. The molecule has 2 bridgehead atoms. The zero-order valence-electron chi connectivity index (χ0n) is 22.9. The van der Waals surface area contributed by atoms with Crippen LogP contribution >= 0.6 is 23.1 Å². The van der Waals surface area contributed by atoms with Gasteiger partial charge in [0.05, 0.1) is 16.9 Å². The summed E-state index contributed by atoms with van der Waals surface area (Å²) in [7, 11) is 0. The van der Waals surface area contributed by atoms with Gasteiger partial charge in [0.2, 0.25) is 11.8 Å². The van der Waals surface area contributed by atoms with E-state index in [-0.39, 0.29) is 63.9 Å². The van der Waals surface area contributed by atoms with Crippen LogP contribution in [0.4, 0.5) is 0 Å². The summed E-state index contributed by atoms with van der Waals surface area (Å²) in [6.45, 7) is 0.779. The Kier molecular flexibility index (Phi) is 7.22. The number of unbranched alkanes of at least 4 members (excludes halogenated alkanes) is 2. The lowest BCUT2D eigenvalue weighted by atomic mass is 9.68. The topological polar surface area (TPSA) is 117 Å². The van der Waals surface area contributed by atoms with Gasteiger partial charge in [-0.05, 0) is 48.6 Å². The lowest BCUT2D eigenvalue weighted by Crippen LogP contribution is -2.42. The predicted octanol–water partition coefficient (Wildman–Crippen LogP) is 5.13. The highest BCUT2D eigenvalue weighted by Crippen LogP contribution is 2.69. The van der Waals surface area contributed by atoms with Crippen LogP contribution in [-0.2, 0) is 21.0 Å². The van der Waals surface area contributed by atoms with E-state index in [9.17, 15) is 19.2 Å². The van der Waals surface area contributed by atoms with Crippen LogP contribution in [0.25, 0.3) is 0 Å². The Morgan fingerprint density at radius 1 is 0.952 bits per heavy atom. The number of likely N-dealkylation sites (tertiary alicyclic amines) is 1. The van der Waals surface area contributed by atoms with Crippen molar-refractivity contribution in [1.29, 1.82) is 0 Å². The van der Waals surface area contributed by atoms with Crippen molar-refractivity contribution < 1.29 is 24.2 Å². The quantitative estimate of drug-likeness (QED) is 0.243. The van der Waals surface area contributed by atoms with Gasteiger partial charge in [0.25, 0.3) is 0 Å². The van der Waals surface area contributed by atoms with E-state index in [4.69, 9.17) is 9.84 Å². The molecule has 2 N–H and O–H groups in total. The number of thiazole rings is 1. The van der Waals surface area contributed by atoms with Gasteiger partial charge < -0.3 is 14.8 Å². The van der Waals surface area contributed by atoms with Crippen molar-refractivity contribution in [1.82, 2.24) is 9.88 Å². The van der Waals surface area contributed by atoms with Crippen LogP contribution in [0.5, 0.6) is 5.75 Å². The third-order valence-corrected chi connectivity index (χ3v) is 12.2. The minimum atomic E-state index is -0.828. The summed E-state index contributed by atoms with van der Waals surface area (Å²) < 4.78 is 6.39. The molecule has 8 nitrogen and oxygen atoms in total. The first-order chi connectivity index (χ1) is 20.4. The van der Waals surface area contributed by atoms with E-state index in [0.29, 0.717) is 32.4 Å². The highest BCUT2D eigenvalue weighted by Gasteiger charge is 2.69. The molecule has 1 saturated heterocycles. The molecule has 2 aliphatic carbocycles. The van der Waals surface area contributed by atoms with Crippen LogP contribution in [0.3, 0.4) is 0 Å². The summed E-state index contributed by atoms with van der Waals surface area (Å²) in [5, 5.41) is 9.90. The highest BCUT2D eigenvalue weighted by molar-refractivity contribution is 8.00. The molecule has 3 heterocycles. The SMILES string of the molecule is O=C(O)CCCCCN1C(=O)C2C3CC(C2C1=O)C1C3Sc2[nH]c(=O)sc2[C@@H]1c1ccccc1OCc1ccccc1. The number of aromatic nitrogens is 1. The molecule has 10 heteroatoms. The Bertz CT molecular complexity index is 1580. The Morgan fingerprint density at radius 2 is 1.69 bits per heavy atom. The Balaban J connectivity index is 1.18. The number of carbonyl (C=O) groups is 3. The molecule has 42 heavy (non-hydrogen) atoms. The molecule has 4 aliphatic rings. The summed E-state index contributed by atoms with van der Waals surface area (Å²) in [5.41, 5.74) is 2.09. The number of H-pyrrole nitrogens is 1. The van der Waals surface area contributed by atoms with Crippen molar-refractivity contribution in [2.24, 2.45) is 29.6 Å². The first kappa shape index (κ1) is 27.5. The van der Waals surface area contributed by atoms with E-state index in [1.807, 2.05) is 48.5 Å². The molecule has 0 spiro atoms. The van der Waals surface area contributed by atoms with Crippen LogP contribution in [0.15, 0.2) is 64.4 Å². The van der Waals surface area contributed by atoms with E-state index in [2.05, 4.69) is 11.1 Å². The Labute approximate surface area is 251 Å². The molecule has 7 rings (SSSR count). The molecule has 218 valence electrons. The van der Waals surface area contributed by atoms with Gasteiger partial charge in [-0.3, -0.25) is 24.1 Å². The number of aromatic amines is 1. The van der Waals surface area contributed by atoms with Gasteiger partial charge in [0, 0.05) is 34.6 Å². The first-order valence-corrected chi connectivity index (χ1v) is 16.3. The minimum Gasteiger partial charge on any atom is -0.489 e. The number of aliphatic carboxylic acids is 1. The molecule has 0 radical (unpaired) electrons. The summed E-state index contributed by atoms with van der Waals surface area (Å²) in [6, 6.07) is 18.0. The molecule has 1 aromatic heterocycles. The number of thioether (sulfide) groups is 1. The van der Waals surface area contributed by atoms with Crippen molar-refractivity contribution >= 4 is 40.9 Å². The van der Waals surface area contributed by atoms with Crippen LogP contribution in [0.2, 0.25) is 0 Å². The summed E-state index contributed by atoms with van der Waals surface area (Å²) in [4.78, 5) is 56.3. The molecule has 3 aromatic rings. The number of imide groups is 1. The second-order valence-electron chi connectivity index (χ2n) is 11.8. The van der Waals surface area contributed by atoms with Gasteiger partial charge in [-0.15, -0.1) is 11.8 Å². The third-order valence-electron chi connectivity index (χ3n) is 9.58. The normalized spacial score (nSPS) is 29.0. The predicted molar refractivity (Wildman–Crippen MR) is 159 cm³/mol. The van der Waals surface area contributed by atoms with Crippen molar-refractivity contribution in [2.75, 3.05) is 6.54 Å². The lowest BCUT2D eigenvalue weighted by molar-refractivity contribution is -0.141. The minimum absolute atomic E-state index is 0.0449. The number of rotatable bonds is 10. The number of carboxylic acid groups (broad SMARTS) is 1. The Hall–Kier alpha value is -3.37. The average Bonchev–Trinajstić information content (AvgIpc) is 3.72. The number of fused-ring (bicyclic) bond motifs is 9.